The number of hydrogen-bond donors (Lipinski definition) is 1. The first kappa shape index (κ1) is 15.8. The molecule has 1 saturated carbocycles. The van der Waals surface area contributed by atoms with Gasteiger partial charge in [-0.25, -0.2) is 0 Å². The molecule has 21 heavy (non-hydrogen) atoms. The van der Waals surface area contributed by atoms with Crippen LogP contribution in [-0.4, -0.2) is 38.0 Å². The summed E-state index contributed by atoms with van der Waals surface area (Å²) < 4.78 is 12.0. The molecule has 0 bridgehead atoms. The molecule has 3 nitrogen and oxygen atoms in total. The minimum atomic E-state index is 0.241. The van der Waals surface area contributed by atoms with Gasteiger partial charge in [0.2, 0.25) is 0 Å². The van der Waals surface area contributed by atoms with Crippen LogP contribution in [0.4, 0.5) is 0 Å². The third kappa shape index (κ3) is 3.80. The fourth-order valence-corrected chi connectivity index (χ4v) is 4.82. The Balaban J connectivity index is 1.65. The molecule has 2 saturated heterocycles. The lowest BCUT2D eigenvalue weighted by Gasteiger charge is -2.44. The van der Waals surface area contributed by atoms with Crippen LogP contribution in [0.15, 0.2) is 0 Å². The van der Waals surface area contributed by atoms with Crippen LogP contribution in [0, 0.1) is 11.8 Å². The van der Waals surface area contributed by atoms with Gasteiger partial charge in [-0.15, -0.1) is 0 Å². The Bertz CT molecular complexity index is 308. The van der Waals surface area contributed by atoms with Crippen molar-refractivity contribution in [3.63, 3.8) is 0 Å². The summed E-state index contributed by atoms with van der Waals surface area (Å²) in [5.74, 6) is 1.50. The molecule has 3 atom stereocenters. The molecular formula is C18H33NO2. The highest BCUT2D eigenvalue weighted by atomic mass is 16.5. The maximum atomic E-state index is 6.24. The van der Waals surface area contributed by atoms with E-state index in [9.17, 15) is 0 Å². The van der Waals surface area contributed by atoms with Crippen molar-refractivity contribution < 1.29 is 9.47 Å². The summed E-state index contributed by atoms with van der Waals surface area (Å²) in [6.07, 6.45) is 11.6. The van der Waals surface area contributed by atoms with E-state index in [1.807, 2.05) is 0 Å². The zero-order chi connectivity index (χ0) is 14.5. The van der Waals surface area contributed by atoms with E-state index in [1.54, 1.807) is 0 Å². The van der Waals surface area contributed by atoms with Crippen molar-refractivity contribution in [3.05, 3.63) is 0 Å². The van der Waals surface area contributed by atoms with E-state index in [2.05, 4.69) is 12.2 Å². The second-order valence-electron chi connectivity index (χ2n) is 7.45. The zero-order valence-corrected chi connectivity index (χ0v) is 13.7. The second kappa shape index (κ2) is 7.43. The van der Waals surface area contributed by atoms with Crippen LogP contribution in [0.2, 0.25) is 0 Å². The molecule has 2 heterocycles. The Morgan fingerprint density at radius 3 is 2.67 bits per heavy atom. The Morgan fingerprint density at radius 2 is 1.95 bits per heavy atom. The lowest BCUT2D eigenvalue weighted by atomic mass is 9.75. The molecule has 3 rings (SSSR count). The molecule has 0 aromatic rings. The van der Waals surface area contributed by atoms with Crippen molar-refractivity contribution in [2.45, 2.75) is 76.4 Å². The standard InChI is InChI=1S/C18H33NO2/c1-2-10-19-17(16-6-5-11-20-14-16)15-7-12-21-18(13-15)8-3-4-9-18/h15-17,19H,2-14H2,1H3. The van der Waals surface area contributed by atoms with Gasteiger partial charge in [-0.1, -0.05) is 19.8 Å². The molecule has 0 aromatic carbocycles. The number of rotatable bonds is 5. The zero-order valence-electron chi connectivity index (χ0n) is 13.7. The number of hydrogen-bond acceptors (Lipinski definition) is 3. The first-order chi connectivity index (χ1) is 10.3. The Labute approximate surface area is 130 Å². The monoisotopic (exact) mass is 295 g/mol. The molecule has 3 unspecified atom stereocenters. The minimum absolute atomic E-state index is 0.241. The van der Waals surface area contributed by atoms with Gasteiger partial charge in [0.25, 0.3) is 0 Å². The van der Waals surface area contributed by atoms with Gasteiger partial charge in [0, 0.05) is 19.3 Å². The van der Waals surface area contributed by atoms with Gasteiger partial charge in [-0.05, 0) is 63.3 Å². The predicted octanol–water partition coefficient (Wildman–Crippen LogP) is 3.52. The molecular weight excluding hydrogens is 262 g/mol. The SMILES string of the molecule is CCCNC(C1CCCOC1)C1CCOC2(CCCC2)C1. The third-order valence-electron chi connectivity index (χ3n) is 5.89. The maximum Gasteiger partial charge on any atom is 0.0685 e. The van der Waals surface area contributed by atoms with E-state index in [0.717, 1.165) is 32.3 Å². The van der Waals surface area contributed by atoms with Gasteiger partial charge in [0.1, 0.15) is 0 Å². The molecule has 3 heteroatoms. The molecule has 0 radical (unpaired) electrons. The fraction of sp³-hybridized carbons (Fsp3) is 1.00. The summed E-state index contributed by atoms with van der Waals surface area (Å²) in [5.41, 5.74) is 0.241. The Morgan fingerprint density at radius 1 is 1.10 bits per heavy atom. The van der Waals surface area contributed by atoms with Crippen molar-refractivity contribution in [3.8, 4) is 0 Å². The van der Waals surface area contributed by atoms with Crippen LogP contribution < -0.4 is 5.32 Å². The summed E-state index contributed by atoms with van der Waals surface area (Å²) in [5, 5.41) is 3.88. The van der Waals surface area contributed by atoms with Crippen molar-refractivity contribution in [1.29, 1.82) is 0 Å². The molecule has 0 aromatic heterocycles. The van der Waals surface area contributed by atoms with Crippen molar-refractivity contribution in [2.75, 3.05) is 26.4 Å². The Kier molecular flexibility index (Phi) is 5.58. The smallest absolute Gasteiger partial charge is 0.0685 e. The van der Waals surface area contributed by atoms with Gasteiger partial charge in [0.05, 0.1) is 12.2 Å². The summed E-state index contributed by atoms with van der Waals surface area (Å²) in [6.45, 7) is 6.32. The molecule has 0 amide bonds. The van der Waals surface area contributed by atoms with E-state index in [0.29, 0.717) is 12.0 Å². The topological polar surface area (TPSA) is 30.5 Å². The van der Waals surface area contributed by atoms with Crippen molar-refractivity contribution >= 4 is 0 Å². The van der Waals surface area contributed by atoms with Crippen molar-refractivity contribution in [2.24, 2.45) is 11.8 Å². The number of nitrogens with one attached hydrogen (secondary N) is 1. The molecule has 122 valence electrons. The van der Waals surface area contributed by atoms with E-state index in [1.165, 1.54) is 57.8 Å². The molecule has 3 aliphatic rings. The van der Waals surface area contributed by atoms with Gasteiger partial charge >= 0.3 is 0 Å². The average molecular weight is 295 g/mol. The highest BCUT2D eigenvalue weighted by Crippen LogP contribution is 2.44. The van der Waals surface area contributed by atoms with Crippen LogP contribution in [-0.2, 0) is 9.47 Å². The number of ether oxygens (including phenoxy) is 2. The van der Waals surface area contributed by atoms with Crippen LogP contribution in [0.1, 0.15) is 64.7 Å². The fourth-order valence-electron chi connectivity index (χ4n) is 4.82. The van der Waals surface area contributed by atoms with Crippen LogP contribution in [0.25, 0.3) is 0 Å². The van der Waals surface area contributed by atoms with Gasteiger partial charge in [0.15, 0.2) is 0 Å². The van der Waals surface area contributed by atoms with Crippen LogP contribution in [0.3, 0.4) is 0 Å². The van der Waals surface area contributed by atoms with Gasteiger partial charge in [-0.3, -0.25) is 0 Å². The predicted molar refractivity (Wildman–Crippen MR) is 85.5 cm³/mol. The van der Waals surface area contributed by atoms with E-state index in [-0.39, 0.29) is 5.60 Å². The highest BCUT2D eigenvalue weighted by Gasteiger charge is 2.43. The summed E-state index contributed by atoms with van der Waals surface area (Å²) in [7, 11) is 0. The maximum absolute atomic E-state index is 6.24. The summed E-state index contributed by atoms with van der Waals surface area (Å²) in [4.78, 5) is 0. The van der Waals surface area contributed by atoms with E-state index < -0.39 is 0 Å². The second-order valence-corrected chi connectivity index (χ2v) is 7.45. The first-order valence-electron chi connectivity index (χ1n) is 9.28. The molecule has 3 fully saturated rings. The summed E-state index contributed by atoms with van der Waals surface area (Å²) >= 11 is 0. The molecule has 2 aliphatic heterocycles. The lowest BCUT2D eigenvalue weighted by Crippen LogP contribution is -2.50. The van der Waals surface area contributed by atoms with E-state index in [4.69, 9.17) is 9.47 Å². The minimum Gasteiger partial charge on any atom is -0.381 e. The van der Waals surface area contributed by atoms with Gasteiger partial charge < -0.3 is 14.8 Å². The van der Waals surface area contributed by atoms with Crippen LogP contribution >= 0.6 is 0 Å². The molecule has 1 aliphatic carbocycles. The molecule has 1 N–H and O–H groups in total. The van der Waals surface area contributed by atoms with E-state index >= 15 is 0 Å². The van der Waals surface area contributed by atoms with Crippen LogP contribution in [0.5, 0.6) is 0 Å². The largest absolute Gasteiger partial charge is 0.381 e. The van der Waals surface area contributed by atoms with Gasteiger partial charge in [-0.2, -0.15) is 0 Å². The lowest BCUT2D eigenvalue weighted by molar-refractivity contribution is -0.105. The quantitative estimate of drug-likeness (QED) is 0.842. The highest BCUT2D eigenvalue weighted by molar-refractivity contribution is 4.96. The Hall–Kier alpha value is -0.120. The van der Waals surface area contributed by atoms with Crippen molar-refractivity contribution in [1.82, 2.24) is 5.32 Å². The first-order valence-corrected chi connectivity index (χ1v) is 9.28. The summed E-state index contributed by atoms with van der Waals surface area (Å²) in [6, 6.07) is 0.645. The normalized spacial score (nSPS) is 34.1. The third-order valence-corrected chi connectivity index (χ3v) is 5.89. The average Bonchev–Trinajstić information content (AvgIpc) is 2.97. The molecule has 1 spiro atoms.